The summed E-state index contributed by atoms with van der Waals surface area (Å²) < 4.78 is 4.70. The zero-order valence-electron chi connectivity index (χ0n) is 10.2. The molecule has 92 valence electrons. The van der Waals surface area contributed by atoms with E-state index in [9.17, 15) is 9.59 Å². The molecule has 1 aliphatic rings. The first-order chi connectivity index (χ1) is 7.56. The zero-order chi connectivity index (χ0) is 12.1. The van der Waals surface area contributed by atoms with Gasteiger partial charge in [-0.1, -0.05) is 0 Å². The van der Waals surface area contributed by atoms with Gasteiger partial charge in [0.05, 0.1) is 6.61 Å². The third kappa shape index (κ3) is 3.20. The number of piperidine rings is 1. The number of hydrogen-bond acceptors (Lipinski definition) is 4. The highest BCUT2D eigenvalue weighted by Crippen LogP contribution is 2.13. The van der Waals surface area contributed by atoms with Crippen LogP contribution in [-0.4, -0.2) is 61.5 Å². The second-order valence-corrected chi connectivity index (χ2v) is 4.19. The van der Waals surface area contributed by atoms with Gasteiger partial charge in [0.2, 0.25) is 0 Å². The van der Waals surface area contributed by atoms with Crippen LogP contribution in [0.2, 0.25) is 0 Å². The van der Waals surface area contributed by atoms with Gasteiger partial charge in [0.15, 0.2) is 0 Å². The number of ether oxygens (including phenoxy) is 1. The summed E-state index contributed by atoms with van der Waals surface area (Å²) in [5, 5.41) is 0. The van der Waals surface area contributed by atoms with Crippen molar-refractivity contribution >= 4 is 11.9 Å². The summed E-state index contributed by atoms with van der Waals surface area (Å²) in [7, 11) is 3.69. The molecule has 0 radical (unpaired) electrons. The molecule has 1 amide bonds. The van der Waals surface area contributed by atoms with E-state index in [-0.39, 0.29) is 12.6 Å². The molecular formula is C11H20N2O3. The molecule has 1 rings (SSSR count). The van der Waals surface area contributed by atoms with Crippen molar-refractivity contribution in [1.82, 2.24) is 9.80 Å². The predicted molar refractivity (Wildman–Crippen MR) is 59.9 cm³/mol. The van der Waals surface area contributed by atoms with E-state index in [1.165, 1.54) is 4.90 Å². The molecule has 16 heavy (non-hydrogen) atoms. The molecule has 0 aliphatic carbocycles. The lowest BCUT2D eigenvalue weighted by Gasteiger charge is -2.35. The smallest absolute Gasteiger partial charge is 0.397 e. The highest BCUT2D eigenvalue weighted by atomic mass is 16.5. The van der Waals surface area contributed by atoms with Crippen molar-refractivity contribution < 1.29 is 14.3 Å². The topological polar surface area (TPSA) is 49.9 Å². The number of nitrogens with zero attached hydrogens (tertiary/aromatic N) is 2. The van der Waals surface area contributed by atoms with Crippen LogP contribution in [0.15, 0.2) is 0 Å². The molecule has 5 heteroatoms. The fourth-order valence-corrected chi connectivity index (χ4v) is 1.96. The Morgan fingerprint density at radius 3 is 2.75 bits per heavy atom. The first-order valence-electron chi connectivity index (χ1n) is 5.68. The van der Waals surface area contributed by atoms with Crippen molar-refractivity contribution in [3.05, 3.63) is 0 Å². The third-order valence-corrected chi connectivity index (χ3v) is 2.92. The minimum Gasteiger partial charge on any atom is -0.459 e. The van der Waals surface area contributed by atoms with Crippen LogP contribution in [0.4, 0.5) is 0 Å². The van der Waals surface area contributed by atoms with Crippen LogP contribution in [0.25, 0.3) is 0 Å². The molecule has 0 aromatic rings. The Labute approximate surface area is 96.3 Å². The van der Waals surface area contributed by atoms with Gasteiger partial charge in [-0.25, -0.2) is 4.79 Å². The number of rotatable bonds is 2. The quantitative estimate of drug-likeness (QED) is 0.497. The van der Waals surface area contributed by atoms with Crippen molar-refractivity contribution in [3.63, 3.8) is 0 Å². The van der Waals surface area contributed by atoms with Crippen LogP contribution >= 0.6 is 0 Å². The van der Waals surface area contributed by atoms with E-state index in [2.05, 4.69) is 4.90 Å². The Hall–Kier alpha value is -1.10. The molecule has 1 heterocycles. The number of likely N-dealkylation sites (N-methyl/N-ethyl adjacent to an activating group) is 2. The number of amides is 1. The molecule has 0 bridgehead atoms. The molecule has 0 saturated carbocycles. The lowest BCUT2D eigenvalue weighted by molar-refractivity contribution is -0.160. The van der Waals surface area contributed by atoms with E-state index in [1.54, 1.807) is 14.0 Å². The van der Waals surface area contributed by atoms with Crippen molar-refractivity contribution in [1.29, 1.82) is 0 Å². The van der Waals surface area contributed by atoms with Gasteiger partial charge in [0.1, 0.15) is 0 Å². The van der Waals surface area contributed by atoms with E-state index in [0.717, 1.165) is 25.9 Å². The lowest BCUT2D eigenvalue weighted by Crippen LogP contribution is -2.49. The Morgan fingerprint density at radius 2 is 2.19 bits per heavy atom. The fraction of sp³-hybridized carbons (Fsp3) is 0.818. The average molecular weight is 228 g/mol. The summed E-state index contributed by atoms with van der Waals surface area (Å²) in [5.74, 6) is -1.29. The van der Waals surface area contributed by atoms with E-state index < -0.39 is 11.9 Å². The summed E-state index contributed by atoms with van der Waals surface area (Å²) in [6, 6.07) is 0.121. The summed E-state index contributed by atoms with van der Waals surface area (Å²) in [6.45, 7) is 3.81. The van der Waals surface area contributed by atoms with Crippen molar-refractivity contribution in [3.8, 4) is 0 Å². The lowest BCUT2D eigenvalue weighted by atomic mass is 10.1. The number of likely N-dealkylation sites (tertiary alicyclic amines) is 1. The molecule has 0 aromatic heterocycles. The van der Waals surface area contributed by atoms with Gasteiger partial charge in [-0.3, -0.25) is 4.79 Å². The second kappa shape index (κ2) is 5.84. The molecule has 0 spiro atoms. The predicted octanol–water partition coefficient (Wildman–Crippen LogP) is 0.102. The van der Waals surface area contributed by atoms with Crippen LogP contribution in [0.1, 0.15) is 19.8 Å². The number of carbonyl (C=O) groups excluding carboxylic acids is 2. The number of hydrogen-bond donors (Lipinski definition) is 0. The second-order valence-electron chi connectivity index (χ2n) is 4.19. The third-order valence-electron chi connectivity index (χ3n) is 2.92. The standard InChI is InChI=1S/C11H20N2O3/c1-4-16-11(15)10(14)13(3)9-6-5-7-12(2)8-9/h9H,4-8H2,1-3H3. The molecule has 0 N–H and O–H groups in total. The maximum atomic E-state index is 11.7. The van der Waals surface area contributed by atoms with E-state index in [4.69, 9.17) is 4.74 Å². The SMILES string of the molecule is CCOC(=O)C(=O)N(C)C1CCCN(C)C1. The number of esters is 1. The highest BCUT2D eigenvalue weighted by molar-refractivity contribution is 6.32. The van der Waals surface area contributed by atoms with E-state index in [1.807, 2.05) is 7.05 Å². The maximum Gasteiger partial charge on any atom is 0.397 e. The number of carbonyl (C=O) groups is 2. The minimum atomic E-state index is -0.752. The highest BCUT2D eigenvalue weighted by Gasteiger charge is 2.28. The molecule has 5 nitrogen and oxygen atoms in total. The van der Waals surface area contributed by atoms with Gasteiger partial charge in [-0.05, 0) is 33.4 Å². The first kappa shape index (κ1) is 13.0. The summed E-state index contributed by atoms with van der Waals surface area (Å²) in [6.07, 6.45) is 2.01. The molecule has 1 atom stereocenters. The molecular weight excluding hydrogens is 208 g/mol. The zero-order valence-corrected chi connectivity index (χ0v) is 10.2. The Balaban J connectivity index is 2.52. The first-order valence-corrected chi connectivity index (χ1v) is 5.68. The van der Waals surface area contributed by atoms with Gasteiger partial charge >= 0.3 is 11.9 Å². The monoisotopic (exact) mass is 228 g/mol. The van der Waals surface area contributed by atoms with Crippen LogP contribution < -0.4 is 0 Å². The van der Waals surface area contributed by atoms with Gasteiger partial charge in [0, 0.05) is 19.6 Å². The summed E-state index contributed by atoms with van der Waals surface area (Å²) >= 11 is 0. The molecule has 0 aromatic carbocycles. The largest absolute Gasteiger partial charge is 0.459 e. The van der Waals surface area contributed by atoms with Crippen molar-refractivity contribution in [2.45, 2.75) is 25.8 Å². The summed E-state index contributed by atoms with van der Waals surface area (Å²) in [4.78, 5) is 26.6. The molecule has 1 saturated heterocycles. The van der Waals surface area contributed by atoms with Crippen molar-refractivity contribution in [2.24, 2.45) is 0 Å². The normalized spacial score (nSPS) is 21.6. The van der Waals surface area contributed by atoms with Crippen LogP contribution in [0.3, 0.4) is 0 Å². The Kier molecular flexibility index (Phi) is 4.73. The summed E-state index contributed by atoms with van der Waals surface area (Å²) in [5.41, 5.74) is 0. The Bertz CT molecular complexity index is 268. The van der Waals surface area contributed by atoms with Crippen LogP contribution in [-0.2, 0) is 14.3 Å². The fourth-order valence-electron chi connectivity index (χ4n) is 1.96. The van der Waals surface area contributed by atoms with Gasteiger partial charge in [-0.2, -0.15) is 0 Å². The van der Waals surface area contributed by atoms with Gasteiger partial charge in [-0.15, -0.1) is 0 Å². The van der Waals surface area contributed by atoms with Crippen LogP contribution in [0.5, 0.6) is 0 Å². The Morgan fingerprint density at radius 1 is 1.50 bits per heavy atom. The van der Waals surface area contributed by atoms with Crippen LogP contribution in [0, 0.1) is 0 Å². The molecule has 1 fully saturated rings. The molecule has 1 unspecified atom stereocenters. The maximum absolute atomic E-state index is 11.7. The van der Waals surface area contributed by atoms with Crippen molar-refractivity contribution in [2.75, 3.05) is 33.8 Å². The molecule has 1 aliphatic heterocycles. The minimum absolute atomic E-state index is 0.121. The van der Waals surface area contributed by atoms with Gasteiger partial charge < -0.3 is 14.5 Å². The van der Waals surface area contributed by atoms with E-state index >= 15 is 0 Å². The van der Waals surface area contributed by atoms with E-state index in [0.29, 0.717) is 0 Å². The average Bonchev–Trinajstić information content (AvgIpc) is 2.27. The van der Waals surface area contributed by atoms with Gasteiger partial charge in [0.25, 0.3) is 0 Å².